The summed E-state index contributed by atoms with van der Waals surface area (Å²) in [4.78, 5) is 0. The molecule has 1 aliphatic rings. The fourth-order valence-corrected chi connectivity index (χ4v) is 0.836. The predicted molar refractivity (Wildman–Crippen MR) is 45.8 cm³/mol. The van der Waals surface area contributed by atoms with E-state index in [2.05, 4.69) is 38.2 Å². The maximum atomic E-state index is 2.12. The summed E-state index contributed by atoms with van der Waals surface area (Å²) in [5, 5.41) is 0. The monoisotopic (exact) mass is 132 g/mol. The summed E-state index contributed by atoms with van der Waals surface area (Å²) in [5.74, 6) is 0. The molecule has 10 heavy (non-hydrogen) atoms. The summed E-state index contributed by atoms with van der Waals surface area (Å²) in [6, 6.07) is 0. The molecule has 0 aromatic heterocycles. The van der Waals surface area contributed by atoms with Crippen LogP contribution >= 0.6 is 0 Å². The Bertz CT molecular complexity index is 202. The number of hydrogen-bond acceptors (Lipinski definition) is 0. The minimum atomic E-state index is 1.31. The molecule has 0 aliphatic heterocycles. The van der Waals surface area contributed by atoms with Gasteiger partial charge in [-0.15, -0.1) is 0 Å². The molecule has 0 heteroatoms. The normalized spacial score (nSPS) is 15.6. The Kier molecular flexibility index (Phi) is 2.27. The van der Waals surface area contributed by atoms with Crippen LogP contribution in [0, 0.1) is 0 Å². The van der Waals surface area contributed by atoms with Crippen LogP contribution in [-0.4, -0.2) is 0 Å². The predicted octanol–water partition coefficient (Wildman–Crippen LogP) is 3.01. The van der Waals surface area contributed by atoms with E-state index in [1.165, 1.54) is 11.1 Å². The van der Waals surface area contributed by atoms with E-state index in [4.69, 9.17) is 0 Å². The fourth-order valence-electron chi connectivity index (χ4n) is 0.836. The molecular formula is C10H12. The molecule has 0 bridgehead atoms. The highest BCUT2D eigenvalue weighted by atomic mass is 13.9. The lowest BCUT2D eigenvalue weighted by molar-refractivity contribution is 1.34. The van der Waals surface area contributed by atoms with Crippen LogP contribution in [0.2, 0.25) is 0 Å². The molecule has 0 amide bonds. The van der Waals surface area contributed by atoms with E-state index < -0.39 is 0 Å². The summed E-state index contributed by atoms with van der Waals surface area (Å²) in [5.41, 5.74) is 2.67. The summed E-state index contributed by atoms with van der Waals surface area (Å²) in [6.07, 6.45) is 12.4. The van der Waals surface area contributed by atoms with Gasteiger partial charge in [-0.25, -0.2) is 0 Å². The van der Waals surface area contributed by atoms with Crippen LogP contribution in [0.1, 0.15) is 13.8 Å². The first-order valence-electron chi connectivity index (χ1n) is 3.49. The number of allylic oxidation sites excluding steroid dienone is 8. The van der Waals surface area contributed by atoms with Gasteiger partial charge in [-0.05, 0) is 19.4 Å². The van der Waals surface area contributed by atoms with Gasteiger partial charge in [-0.1, -0.05) is 42.0 Å². The lowest BCUT2D eigenvalue weighted by Gasteiger charge is -1.94. The van der Waals surface area contributed by atoms with Gasteiger partial charge in [0.05, 0.1) is 0 Å². The van der Waals surface area contributed by atoms with Gasteiger partial charge in [0.25, 0.3) is 0 Å². The van der Waals surface area contributed by atoms with Crippen molar-refractivity contribution in [1.82, 2.24) is 0 Å². The minimum absolute atomic E-state index is 1.31. The molecule has 52 valence electrons. The average Bonchev–Trinajstić information content (AvgIpc) is 2.12. The van der Waals surface area contributed by atoms with Crippen molar-refractivity contribution < 1.29 is 0 Å². The molecule has 1 aliphatic carbocycles. The molecule has 0 nitrogen and oxygen atoms in total. The second-order valence-electron chi connectivity index (χ2n) is 2.56. The Morgan fingerprint density at radius 1 is 0.900 bits per heavy atom. The summed E-state index contributed by atoms with van der Waals surface area (Å²) >= 11 is 0. The lowest BCUT2D eigenvalue weighted by Crippen LogP contribution is -1.73. The van der Waals surface area contributed by atoms with E-state index in [0.29, 0.717) is 0 Å². The third-order valence-corrected chi connectivity index (χ3v) is 1.46. The van der Waals surface area contributed by atoms with Crippen LogP contribution < -0.4 is 0 Å². The molecule has 0 fully saturated rings. The van der Waals surface area contributed by atoms with Crippen molar-refractivity contribution in [2.45, 2.75) is 13.8 Å². The van der Waals surface area contributed by atoms with Crippen molar-refractivity contribution in [2.75, 3.05) is 0 Å². The van der Waals surface area contributed by atoms with Gasteiger partial charge in [0, 0.05) is 0 Å². The van der Waals surface area contributed by atoms with Crippen LogP contribution in [0.25, 0.3) is 0 Å². The molecule has 0 atom stereocenters. The molecule has 0 aromatic carbocycles. The summed E-state index contributed by atoms with van der Waals surface area (Å²) in [6.45, 7) is 4.24. The van der Waals surface area contributed by atoms with Crippen molar-refractivity contribution in [3.63, 3.8) is 0 Å². The molecule has 0 saturated carbocycles. The third-order valence-electron chi connectivity index (χ3n) is 1.46. The van der Waals surface area contributed by atoms with Crippen molar-refractivity contribution in [3.05, 3.63) is 47.6 Å². The minimum Gasteiger partial charge on any atom is -0.0692 e. The van der Waals surface area contributed by atoms with E-state index in [0.717, 1.165) is 0 Å². The standard InChI is InChI=1S/C10H12/c1-9(2)10-7-5-3-4-6-8-10/h3-8H,1-2H3. The van der Waals surface area contributed by atoms with Crippen molar-refractivity contribution >= 4 is 0 Å². The Balaban J connectivity index is 2.93. The number of rotatable bonds is 0. The molecule has 0 heterocycles. The zero-order chi connectivity index (χ0) is 7.40. The van der Waals surface area contributed by atoms with Gasteiger partial charge in [0.15, 0.2) is 0 Å². The van der Waals surface area contributed by atoms with E-state index in [1.54, 1.807) is 0 Å². The first-order chi connectivity index (χ1) is 4.80. The summed E-state index contributed by atoms with van der Waals surface area (Å²) < 4.78 is 0. The van der Waals surface area contributed by atoms with Crippen LogP contribution in [0.4, 0.5) is 0 Å². The van der Waals surface area contributed by atoms with Crippen molar-refractivity contribution in [1.29, 1.82) is 0 Å². The largest absolute Gasteiger partial charge is 0.0692 e. The quantitative estimate of drug-likeness (QED) is 0.475. The Morgan fingerprint density at radius 2 is 1.40 bits per heavy atom. The van der Waals surface area contributed by atoms with Crippen LogP contribution in [0.5, 0.6) is 0 Å². The molecule has 0 N–H and O–H groups in total. The van der Waals surface area contributed by atoms with Crippen LogP contribution in [-0.2, 0) is 0 Å². The fraction of sp³-hybridized carbons (Fsp3) is 0.200. The van der Waals surface area contributed by atoms with E-state index in [1.807, 2.05) is 12.2 Å². The molecular weight excluding hydrogens is 120 g/mol. The average molecular weight is 132 g/mol. The van der Waals surface area contributed by atoms with E-state index in [9.17, 15) is 0 Å². The van der Waals surface area contributed by atoms with E-state index >= 15 is 0 Å². The Hall–Kier alpha value is -1.04. The van der Waals surface area contributed by atoms with Gasteiger partial charge in [0.2, 0.25) is 0 Å². The maximum Gasteiger partial charge on any atom is -0.0270 e. The second kappa shape index (κ2) is 3.21. The van der Waals surface area contributed by atoms with Gasteiger partial charge in [-0.2, -0.15) is 0 Å². The number of hydrogen-bond donors (Lipinski definition) is 0. The Morgan fingerprint density at radius 3 is 1.80 bits per heavy atom. The molecule has 0 radical (unpaired) electrons. The molecule has 0 aromatic rings. The summed E-state index contributed by atoms with van der Waals surface area (Å²) in [7, 11) is 0. The third kappa shape index (κ3) is 1.73. The SMILES string of the molecule is CC(C)=C1C=CC=CC=C1. The van der Waals surface area contributed by atoms with Gasteiger partial charge >= 0.3 is 0 Å². The highest BCUT2D eigenvalue weighted by Gasteiger charge is 1.88. The highest BCUT2D eigenvalue weighted by Crippen LogP contribution is 2.08. The smallest absolute Gasteiger partial charge is 0.0270 e. The first-order valence-corrected chi connectivity index (χ1v) is 3.49. The molecule has 0 spiro atoms. The molecule has 1 rings (SSSR count). The molecule has 0 saturated heterocycles. The first kappa shape index (κ1) is 7.07. The van der Waals surface area contributed by atoms with Gasteiger partial charge in [0.1, 0.15) is 0 Å². The van der Waals surface area contributed by atoms with Crippen molar-refractivity contribution in [3.8, 4) is 0 Å². The lowest BCUT2D eigenvalue weighted by atomic mass is 10.1. The second-order valence-corrected chi connectivity index (χ2v) is 2.56. The zero-order valence-corrected chi connectivity index (χ0v) is 6.46. The topological polar surface area (TPSA) is 0 Å². The van der Waals surface area contributed by atoms with Crippen LogP contribution in [0.15, 0.2) is 47.6 Å². The van der Waals surface area contributed by atoms with Crippen LogP contribution in [0.3, 0.4) is 0 Å². The Labute approximate surface area is 62.3 Å². The van der Waals surface area contributed by atoms with E-state index in [-0.39, 0.29) is 0 Å². The van der Waals surface area contributed by atoms with Gasteiger partial charge in [-0.3, -0.25) is 0 Å². The molecule has 0 unspecified atom stereocenters. The zero-order valence-electron chi connectivity index (χ0n) is 6.46. The van der Waals surface area contributed by atoms with Gasteiger partial charge < -0.3 is 0 Å². The highest BCUT2D eigenvalue weighted by molar-refractivity contribution is 5.39. The van der Waals surface area contributed by atoms with Crippen molar-refractivity contribution in [2.24, 2.45) is 0 Å². The maximum absolute atomic E-state index is 2.12.